The fraction of sp³-hybridized carbons (Fsp3) is 0. The van der Waals surface area contributed by atoms with Gasteiger partial charge < -0.3 is 4.74 Å². The van der Waals surface area contributed by atoms with Gasteiger partial charge in [-0.3, -0.25) is 0 Å². The van der Waals surface area contributed by atoms with Crippen molar-refractivity contribution in [1.82, 2.24) is 14.8 Å². The minimum atomic E-state index is -0.575. The van der Waals surface area contributed by atoms with Crippen LogP contribution in [-0.4, -0.2) is 20.9 Å². The van der Waals surface area contributed by atoms with Gasteiger partial charge in [0, 0.05) is 0 Å². The minimum Gasteiger partial charge on any atom is -0.409 e. The Morgan fingerprint density at radius 1 is 1.29 bits per heavy atom. The molecule has 0 N–H and O–H groups in total. The Kier molecular flexibility index (Phi) is 2.22. The highest BCUT2D eigenvalue weighted by Gasteiger charge is 2.06. The number of benzene rings is 1. The molecule has 0 unspecified atom stereocenters. The van der Waals surface area contributed by atoms with Crippen molar-refractivity contribution in [3.05, 3.63) is 43.0 Å². The third kappa shape index (κ3) is 1.77. The molecular weight excluding hydrogens is 182 g/mol. The number of hydrogen-bond donors (Lipinski definition) is 0. The molecule has 0 aliphatic carbocycles. The van der Waals surface area contributed by atoms with Gasteiger partial charge in [-0.2, -0.15) is 4.68 Å². The maximum atomic E-state index is 11.3. The average Bonchev–Trinajstić information content (AvgIpc) is 2.72. The lowest BCUT2D eigenvalue weighted by Gasteiger charge is -2.01. The van der Waals surface area contributed by atoms with Gasteiger partial charge >= 0.3 is 6.09 Å². The van der Waals surface area contributed by atoms with E-state index in [4.69, 9.17) is 4.74 Å². The highest BCUT2D eigenvalue weighted by atomic mass is 16.6. The fourth-order valence-corrected chi connectivity index (χ4v) is 0.939. The van der Waals surface area contributed by atoms with Gasteiger partial charge in [-0.1, -0.05) is 18.2 Å². The predicted octanol–water partition coefficient (Wildman–Crippen LogP) is 1.33. The first kappa shape index (κ1) is 8.43. The summed E-state index contributed by atoms with van der Waals surface area (Å²) in [6.45, 7) is 0. The number of aromatic nitrogens is 3. The molecule has 1 aromatic carbocycles. The van der Waals surface area contributed by atoms with E-state index in [1.54, 1.807) is 24.3 Å². The number of carbonyl (C=O) groups excluding carboxylic acids is 1. The second kappa shape index (κ2) is 3.69. The number of rotatable bonds is 1. The lowest BCUT2D eigenvalue weighted by molar-refractivity contribution is 0.198. The van der Waals surface area contributed by atoms with Crippen LogP contribution in [0.1, 0.15) is 0 Å². The summed E-state index contributed by atoms with van der Waals surface area (Å²) in [5.41, 5.74) is 0. The molecule has 0 fully saturated rings. The van der Waals surface area contributed by atoms with Crippen molar-refractivity contribution < 1.29 is 9.53 Å². The molecule has 70 valence electrons. The van der Waals surface area contributed by atoms with Crippen LogP contribution in [0, 0.1) is 0 Å². The number of ether oxygens (including phenoxy) is 1. The molecule has 5 heteroatoms. The van der Waals surface area contributed by atoms with Gasteiger partial charge in [-0.25, -0.2) is 9.78 Å². The molecular formula is C9H7N3O2. The van der Waals surface area contributed by atoms with Crippen LogP contribution in [0.25, 0.3) is 0 Å². The van der Waals surface area contributed by atoms with E-state index in [0.29, 0.717) is 5.75 Å². The summed E-state index contributed by atoms with van der Waals surface area (Å²) in [6.07, 6.45) is 1.98. The number of nitrogens with zero attached hydrogens (tertiary/aromatic N) is 3. The largest absolute Gasteiger partial charge is 0.441 e. The summed E-state index contributed by atoms with van der Waals surface area (Å²) in [6, 6.07) is 8.78. The highest BCUT2D eigenvalue weighted by molar-refractivity contribution is 5.71. The summed E-state index contributed by atoms with van der Waals surface area (Å²) in [4.78, 5) is 14.9. The van der Waals surface area contributed by atoms with E-state index < -0.39 is 6.09 Å². The molecule has 0 atom stereocenters. The first-order valence-corrected chi connectivity index (χ1v) is 3.98. The summed E-state index contributed by atoms with van der Waals surface area (Å²) in [7, 11) is 0. The third-order valence-corrected chi connectivity index (χ3v) is 1.55. The number of hydrogen-bond acceptors (Lipinski definition) is 4. The van der Waals surface area contributed by atoms with E-state index in [1.165, 1.54) is 12.7 Å². The molecule has 1 heterocycles. The van der Waals surface area contributed by atoms with Crippen molar-refractivity contribution in [2.75, 3.05) is 0 Å². The first-order valence-electron chi connectivity index (χ1n) is 3.98. The predicted molar refractivity (Wildman–Crippen MR) is 47.9 cm³/mol. The lowest BCUT2D eigenvalue weighted by atomic mass is 10.3. The van der Waals surface area contributed by atoms with Gasteiger partial charge in [0.15, 0.2) is 0 Å². The second-order valence-electron chi connectivity index (χ2n) is 2.52. The van der Waals surface area contributed by atoms with Crippen LogP contribution in [0.3, 0.4) is 0 Å². The van der Waals surface area contributed by atoms with Crippen LogP contribution in [-0.2, 0) is 0 Å². The number of para-hydroxylation sites is 1. The fourth-order valence-electron chi connectivity index (χ4n) is 0.939. The molecule has 2 aromatic rings. The average molecular weight is 189 g/mol. The molecule has 2 rings (SSSR count). The number of carbonyl (C=O) groups is 1. The topological polar surface area (TPSA) is 57.0 Å². The molecule has 1 aromatic heterocycles. The maximum absolute atomic E-state index is 11.3. The van der Waals surface area contributed by atoms with Crippen LogP contribution >= 0.6 is 0 Å². The molecule has 0 aliphatic heterocycles. The molecule has 0 aliphatic rings. The van der Waals surface area contributed by atoms with Crippen LogP contribution in [0.2, 0.25) is 0 Å². The van der Waals surface area contributed by atoms with Crippen molar-refractivity contribution in [3.63, 3.8) is 0 Å². The molecule has 14 heavy (non-hydrogen) atoms. The Labute approximate surface area is 80.0 Å². The van der Waals surface area contributed by atoms with E-state index in [9.17, 15) is 4.79 Å². The molecule has 0 bridgehead atoms. The molecule has 0 spiro atoms. The normalized spacial score (nSPS) is 9.71. The van der Waals surface area contributed by atoms with E-state index in [2.05, 4.69) is 10.1 Å². The standard InChI is InChI=1S/C9H7N3O2/c13-9(12-7-10-6-11-12)14-8-4-2-1-3-5-8/h1-7H. The van der Waals surface area contributed by atoms with Crippen LogP contribution in [0.4, 0.5) is 4.79 Å². The van der Waals surface area contributed by atoms with Gasteiger partial charge in [0.2, 0.25) is 0 Å². The van der Waals surface area contributed by atoms with Gasteiger partial charge in [0.05, 0.1) is 0 Å². The van der Waals surface area contributed by atoms with Crippen LogP contribution in [0.5, 0.6) is 5.75 Å². The summed E-state index contributed by atoms with van der Waals surface area (Å²) in [5, 5.41) is 3.64. The molecule has 0 amide bonds. The smallest absolute Gasteiger partial charge is 0.409 e. The van der Waals surface area contributed by atoms with Crippen molar-refractivity contribution in [2.24, 2.45) is 0 Å². The Morgan fingerprint density at radius 3 is 2.71 bits per heavy atom. The monoisotopic (exact) mass is 189 g/mol. The van der Waals surface area contributed by atoms with Gasteiger partial charge in [0.25, 0.3) is 0 Å². The molecule has 0 saturated carbocycles. The minimum absolute atomic E-state index is 0.480. The maximum Gasteiger partial charge on any atom is 0.441 e. The molecule has 5 nitrogen and oxygen atoms in total. The van der Waals surface area contributed by atoms with Crippen molar-refractivity contribution in [3.8, 4) is 5.75 Å². The SMILES string of the molecule is O=C(Oc1ccccc1)n1cncn1. The lowest BCUT2D eigenvalue weighted by Crippen LogP contribution is -2.16. The van der Waals surface area contributed by atoms with E-state index in [-0.39, 0.29) is 0 Å². The van der Waals surface area contributed by atoms with E-state index >= 15 is 0 Å². The van der Waals surface area contributed by atoms with Crippen LogP contribution < -0.4 is 4.74 Å². The zero-order valence-corrected chi connectivity index (χ0v) is 7.20. The zero-order chi connectivity index (χ0) is 9.80. The zero-order valence-electron chi connectivity index (χ0n) is 7.20. The van der Waals surface area contributed by atoms with Gasteiger partial charge in [-0.05, 0) is 12.1 Å². The summed E-state index contributed by atoms with van der Waals surface area (Å²) < 4.78 is 6.00. The van der Waals surface area contributed by atoms with Gasteiger partial charge in [-0.15, -0.1) is 5.10 Å². The Morgan fingerprint density at radius 2 is 2.07 bits per heavy atom. The van der Waals surface area contributed by atoms with Gasteiger partial charge in [0.1, 0.15) is 18.4 Å². The van der Waals surface area contributed by atoms with E-state index in [1.807, 2.05) is 6.07 Å². The summed E-state index contributed by atoms with van der Waals surface area (Å²) >= 11 is 0. The Balaban J connectivity index is 2.10. The van der Waals surface area contributed by atoms with Crippen molar-refractivity contribution in [2.45, 2.75) is 0 Å². The Bertz CT molecular complexity index is 411. The molecule has 0 radical (unpaired) electrons. The Hall–Kier alpha value is -2.17. The molecule has 0 saturated heterocycles. The highest BCUT2D eigenvalue weighted by Crippen LogP contribution is 2.08. The van der Waals surface area contributed by atoms with Crippen molar-refractivity contribution >= 4 is 6.09 Å². The van der Waals surface area contributed by atoms with E-state index in [0.717, 1.165) is 4.68 Å². The van der Waals surface area contributed by atoms with Crippen molar-refractivity contribution in [1.29, 1.82) is 0 Å². The third-order valence-electron chi connectivity index (χ3n) is 1.55. The van der Waals surface area contributed by atoms with Crippen LogP contribution in [0.15, 0.2) is 43.0 Å². The summed E-state index contributed by atoms with van der Waals surface area (Å²) in [5.74, 6) is 0.480. The quantitative estimate of drug-likeness (QED) is 0.678. The first-order chi connectivity index (χ1) is 6.86. The second-order valence-corrected chi connectivity index (χ2v) is 2.52.